The third-order valence-electron chi connectivity index (χ3n) is 5.31. The maximum Gasteiger partial charge on any atom is 0.326 e. The van der Waals surface area contributed by atoms with Gasteiger partial charge in [-0.15, -0.1) is 0 Å². The highest BCUT2D eigenvalue weighted by Gasteiger charge is 2.31. The highest BCUT2D eigenvalue weighted by molar-refractivity contribution is 7.98. The molecule has 0 saturated carbocycles. The lowest BCUT2D eigenvalue weighted by molar-refractivity contribution is -0.142. The van der Waals surface area contributed by atoms with Crippen LogP contribution in [0.1, 0.15) is 38.7 Å². The van der Waals surface area contributed by atoms with Crippen molar-refractivity contribution in [1.82, 2.24) is 16.0 Å². The number of aromatic hydroxyl groups is 1. The van der Waals surface area contributed by atoms with Crippen molar-refractivity contribution < 1.29 is 39.3 Å². The van der Waals surface area contributed by atoms with Crippen molar-refractivity contribution in [3.8, 4) is 5.75 Å². The normalized spacial score (nSPS) is 14.2. The topological polar surface area (TPSA) is 208 Å². The SMILES string of the molecule is CSCCC(NC(=O)C(Cc1ccc(O)cc1)NC(=O)C(CC(C)C)NC(=O)C(N)CC(=O)O)C(=O)O. The molecule has 4 atom stereocenters. The van der Waals surface area contributed by atoms with Crippen LogP contribution in [0.4, 0.5) is 0 Å². The Labute approximate surface area is 219 Å². The van der Waals surface area contributed by atoms with Gasteiger partial charge >= 0.3 is 11.9 Å². The summed E-state index contributed by atoms with van der Waals surface area (Å²) in [5.41, 5.74) is 6.20. The summed E-state index contributed by atoms with van der Waals surface area (Å²) in [5.74, 6) is -4.31. The summed E-state index contributed by atoms with van der Waals surface area (Å²) in [4.78, 5) is 61.2. The maximum atomic E-state index is 13.2. The van der Waals surface area contributed by atoms with E-state index in [2.05, 4.69) is 16.0 Å². The fourth-order valence-electron chi connectivity index (χ4n) is 3.38. The first-order valence-corrected chi connectivity index (χ1v) is 13.1. The van der Waals surface area contributed by atoms with Gasteiger partial charge in [-0.25, -0.2) is 4.79 Å². The molecule has 0 saturated heterocycles. The highest BCUT2D eigenvalue weighted by Crippen LogP contribution is 2.13. The molecule has 13 heteroatoms. The number of carboxylic acids is 2. The van der Waals surface area contributed by atoms with Crippen LogP contribution in [0.2, 0.25) is 0 Å². The Bertz CT molecular complexity index is 941. The second-order valence-electron chi connectivity index (χ2n) is 9.01. The Morgan fingerprint density at radius 1 is 0.892 bits per heavy atom. The molecule has 1 rings (SSSR count). The van der Waals surface area contributed by atoms with Crippen LogP contribution in [0.3, 0.4) is 0 Å². The first-order chi connectivity index (χ1) is 17.3. The molecule has 37 heavy (non-hydrogen) atoms. The number of hydrogen-bond donors (Lipinski definition) is 7. The Morgan fingerprint density at radius 3 is 1.95 bits per heavy atom. The molecule has 1 aromatic rings. The lowest BCUT2D eigenvalue weighted by Crippen LogP contribution is -2.58. The van der Waals surface area contributed by atoms with Gasteiger partial charge in [-0.2, -0.15) is 11.8 Å². The number of carbonyl (C=O) groups excluding carboxylic acids is 3. The molecule has 0 aromatic heterocycles. The molecular formula is C24H36N4O8S. The van der Waals surface area contributed by atoms with Gasteiger partial charge in [0.05, 0.1) is 12.5 Å². The van der Waals surface area contributed by atoms with Crippen molar-refractivity contribution in [3.63, 3.8) is 0 Å². The Morgan fingerprint density at radius 2 is 1.43 bits per heavy atom. The van der Waals surface area contributed by atoms with Crippen molar-refractivity contribution in [2.45, 2.75) is 63.7 Å². The smallest absolute Gasteiger partial charge is 0.326 e. The number of rotatable bonds is 16. The van der Waals surface area contributed by atoms with Crippen LogP contribution < -0.4 is 21.7 Å². The second-order valence-corrected chi connectivity index (χ2v) is 9.99. The number of thioether (sulfide) groups is 1. The molecule has 8 N–H and O–H groups in total. The number of benzene rings is 1. The van der Waals surface area contributed by atoms with Crippen LogP contribution in [-0.2, 0) is 30.4 Å². The zero-order chi connectivity index (χ0) is 28.1. The zero-order valence-corrected chi connectivity index (χ0v) is 21.9. The number of phenols is 1. The van der Waals surface area contributed by atoms with Crippen LogP contribution in [-0.4, -0.2) is 81.2 Å². The lowest BCUT2D eigenvalue weighted by atomic mass is 10.00. The second kappa shape index (κ2) is 15.7. The molecule has 206 valence electrons. The van der Waals surface area contributed by atoms with Gasteiger partial charge < -0.3 is 37.0 Å². The van der Waals surface area contributed by atoms with Crippen molar-refractivity contribution in [2.24, 2.45) is 11.7 Å². The van der Waals surface area contributed by atoms with Crippen molar-refractivity contribution in [3.05, 3.63) is 29.8 Å². The molecule has 4 unspecified atom stereocenters. The fraction of sp³-hybridized carbons (Fsp3) is 0.542. The molecule has 0 heterocycles. The average Bonchev–Trinajstić information content (AvgIpc) is 2.80. The summed E-state index contributed by atoms with van der Waals surface area (Å²) in [6.07, 6.45) is 1.51. The molecule has 12 nitrogen and oxygen atoms in total. The number of hydrogen-bond acceptors (Lipinski definition) is 8. The fourth-order valence-corrected chi connectivity index (χ4v) is 3.85. The minimum Gasteiger partial charge on any atom is -0.508 e. The van der Waals surface area contributed by atoms with Gasteiger partial charge in [0.25, 0.3) is 0 Å². The Hall–Kier alpha value is -3.32. The molecule has 1 aromatic carbocycles. The molecular weight excluding hydrogens is 504 g/mol. The molecule has 0 radical (unpaired) electrons. The number of amides is 3. The molecule has 0 aliphatic carbocycles. The standard InChI is InChI=1S/C24H36N4O8S/c1-13(2)10-18(27-21(32)16(25)12-20(30)31)22(33)28-19(11-14-4-6-15(29)7-5-14)23(34)26-17(24(35)36)8-9-37-3/h4-7,13,16-19,29H,8-12,25H2,1-3H3,(H,26,34)(H,27,32)(H,28,33)(H,30,31)(H,35,36). The van der Waals surface area contributed by atoms with Gasteiger partial charge in [-0.05, 0) is 48.5 Å². The van der Waals surface area contributed by atoms with E-state index in [1.165, 1.54) is 23.9 Å². The number of carbonyl (C=O) groups is 5. The molecule has 0 bridgehead atoms. The van der Waals surface area contributed by atoms with E-state index >= 15 is 0 Å². The third kappa shape index (κ3) is 12.0. The van der Waals surface area contributed by atoms with Crippen molar-refractivity contribution >= 4 is 41.4 Å². The minimum absolute atomic E-state index is 0.00852. The van der Waals surface area contributed by atoms with E-state index in [9.17, 15) is 34.2 Å². The van der Waals surface area contributed by atoms with E-state index in [-0.39, 0.29) is 30.9 Å². The van der Waals surface area contributed by atoms with Gasteiger partial charge in [0.1, 0.15) is 23.9 Å². The predicted molar refractivity (Wildman–Crippen MR) is 138 cm³/mol. The molecule has 0 fully saturated rings. The summed E-state index contributed by atoms with van der Waals surface area (Å²) in [6, 6.07) is 1.09. The van der Waals surface area contributed by atoms with E-state index in [1.54, 1.807) is 18.4 Å². The lowest BCUT2D eigenvalue weighted by Gasteiger charge is -2.26. The Kier molecular flexibility index (Phi) is 13.5. The van der Waals surface area contributed by atoms with Crippen molar-refractivity contribution in [1.29, 1.82) is 0 Å². The monoisotopic (exact) mass is 540 g/mol. The van der Waals surface area contributed by atoms with Crippen LogP contribution in [0.5, 0.6) is 5.75 Å². The van der Waals surface area contributed by atoms with E-state index in [0.29, 0.717) is 11.3 Å². The van der Waals surface area contributed by atoms with Gasteiger partial charge in [-0.1, -0.05) is 26.0 Å². The quantitative estimate of drug-likeness (QED) is 0.150. The van der Waals surface area contributed by atoms with E-state index in [1.807, 2.05) is 13.8 Å². The van der Waals surface area contributed by atoms with E-state index in [4.69, 9.17) is 10.8 Å². The van der Waals surface area contributed by atoms with Crippen LogP contribution >= 0.6 is 11.8 Å². The highest BCUT2D eigenvalue weighted by atomic mass is 32.2. The summed E-state index contributed by atoms with van der Waals surface area (Å²) < 4.78 is 0. The van der Waals surface area contributed by atoms with Gasteiger partial charge in [-0.3, -0.25) is 19.2 Å². The first-order valence-electron chi connectivity index (χ1n) is 11.7. The maximum absolute atomic E-state index is 13.2. The number of nitrogens with two attached hydrogens (primary N) is 1. The number of aliphatic carboxylic acids is 2. The zero-order valence-electron chi connectivity index (χ0n) is 21.1. The molecule has 3 amide bonds. The van der Waals surface area contributed by atoms with Crippen LogP contribution in [0, 0.1) is 5.92 Å². The first kappa shape index (κ1) is 31.7. The largest absolute Gasteiger partial charge is 0.508 e. The van der Waals surface area contributed by atoms with E-state index < -0.39 is 60.2 Å². The molecule has 0 aliphatic heterocycles. The molecule has 0 spiro atoms. The van der Waals surface area contributed by atoms with Gasteiger partial charge in [0, 0.05) is 6.42 Å². The van der Waals surface area contributed by atoms with Crippen LogP contribution in [0.15, 0.2) is 24.3 Å². The van der Waals surface area contributed by atoms with Crippen molar-refractivity contribution in [2.75, 3.05) is 12.0 Å². The molecule has 0 aliphatic rings. The third-order valence-corrected chi connectivity index (χ3v) is 5.95. The number of phenolic OH excluding ortho intramolecular Hbond substituents is 1. The van der Waals surface area contributed by atoms with Crippen LogP contribution in [0.25, 0.3) is 0 Å². The van der Waals surface area contributed by atoms with E-state index in [0.717, 1.165) is 0 Å². The van der Waals surface area contributed by atoms with Gasteiger partial charge in [0.2, 0.25) is 17.7 Å². The summed E-state index contributed by atoms with van der Waals surface area (Å²) in [5, 5.41) is 35.4. The summed E-state index contributed by atoms with van der Waals surface area (Å²) in [6.45, 7) is 3.63. The average molecular weight is 541 g/mol. The Balaban J connectivity index is 3.14. The summed E-state index contributed by atoms with van der Waals surface area (Å²) >= 11 is 1.42. The summed E-state index contributed by atoms with van der Waals surface area (Å²) in [7, 11) is 0. The number of carboxylic acid groups (broad SMARTS) is 2. The van der Waals surface area contributed by atoms with Gasteiger partial charge in [0.15, 0.2) is 0 Å². The predicted octanol–water partition coefficient (Wildman–Crippen LogP) is 0.0749. The number of nitrogens with one attached hydrogen (secondary N) is 3. The minimum atomic E-state index is -1.37.